The van der Waals surface area contributed by atoms with E-state index in [2.05, 4.69) is 71.1 Å². The van der Waals surface area contributed by atoms with Crippen LogP contribution in [0.3, 0.4) is 0 Å². The van der Waals surface area contributed by atoms with E-state index in [1.165, 1.54) is 16.7 Å². The minimum atomic E-state index is 0.711. The minimum Gasteiger partial charge on any atom is -0.270 e. The SMILES string of the molecule is Cc1ccc(CSc2nnc(-c3cccc(C)c3)n2-c2ccc(Cl)cc2)cc1. The lowest BCUT2D eigenvalue weighted by Crippen LogP contribution is -2.00. The predicted octanol–water partition coefficient (Wildman–Crippen LogP) is 6.50. The van der Waals surface area contributed by atoms with Crippen LogP contribution in [0.2, 0.25) is 5.02 Å². The number of hydrogen-bond donors (Lipinski definition) is 0. The van der Waals surface area contributed by atoms with Crippen LogP contribution in [0.4, 0.5) is 0 Å². The lowest BCUT2D eigenvalue weighted by atomic mass is 10.1. The van der Waals surface area contributed by atoms with Gasteiger partial charge in [0.05, 0.1) is 0 Å². The van der Waals surface area contributed by atoms with Crippen molar-refractivity contribution in [2.45, 2.75) is 24.8 Å². The highest BCUT2D eigenvalue weighted by Gasteiger charge is 2.16. The summed E-state index contributed by atoms with van der Waals surface area (Å²) in [5.74, 6) is 1.66. The Balaban J connectivity index is 1.73. The van der Waals surface area contributed by atoms with Crippen LogP contribution in [0.5, 0.6) is 0 Å². The third kappa shape index (κ3) is 4.13. The number of thioether (sulfide) groups is 1. The van der Waals surface area contributed by atoms with Gasteiger partial charge in [0.15, 0.2) is 11.0 Å². The Bertz CT molecular complexity index is 1090. The van der Waals surface area contributed by atoms with E-state index >= 15 is 0 Å². The van der Waals surface area contributed by atoms with E-state index < -0.39 is 0 Å². The van der Waals surface area contributed by atoms with Crippen molar-refractivity contribution >= 4 is 23.4 Å². The Kier molecular flexibility index (Phi) is 5.51. The van der Waals surface area contributed by atoms with Crippen molar-refractivity contribution in [1.29, 1.82) is 0 Å². The molecule has 0 saturated carbocycles. The monoisotopic (exact) mass is 405 g/mol. The van der Waals surface area contributed by atoms with E-state index in [1.807, 2.05) is 30.3 Å². The Hall–Kier alpha value is -2.56. The second-order valence-corrected chi connectivity index (χ2v) is 8.14. The zero-order valence-electron chi connectivity index (χ0n) is 15.8. The molecule has 0 radical (unpaired) electrons. The molecule has 0 N–H and O–H groups in total. The Morgan fingerprint density at radius 1 is 0.857 bits per heavy atom. The Morgan fingerprint density at radius 3 is 2.32 bits per heavy atom. The second-order valence-electron chi connectivity index (χ2n) is 6.76. The van der Waals surface area contributed by atoms with Crippen LogP contribution in [0.15, 0.2) is 78.0 Å². The number of aryl methyl sites for hydroxylation is 2. The normalized spacial score (nSPS) is 11.0. The average Bonchev–Trinajstić information content (AvgIpc) is 3.12. The molecule has 0 aliphatic rings. The van der Waals surface area contributed by atoms with Gasteiger partial charge in [0.2, 0.25) is 0 Å². The van der Waals surface area contributed by atoms with Gasteiger partial charge < -0.3 is 0 Å². The molecule has 0 amide bonds. The molecule has 3 nitrogen and oxygen atoms in total. The molecule has 3 aromatic carbocycles. The summed E-state index contributed by atoms with van der Waals surface area (Å²) in [6.07, 6.45) is 0. The van der Waals surface area contributed by atoms with Crippen molar-refractivity contribution in [2.75, 3.05) is 0 Å². The fraction of sp³-hybridized carbons (Fsp3) is 0.130. The molecule has 0 aliphatic heterocycles. The topological polar surface area (TPSA) is 30.7 Å². The predicted molar refractivity (Wildman–Crippen MR) is 117 cm³/mol. The molecule has 0 spiro atoms. The minimum absolute atomic E-state index is 0.711. The molecule has 28 heavy (non-hydrogen) atoms. The van der Waals surface area contributed by atoms with Crippen LogP contribution in [0, 0.1) is 13.8 Å². The first-order valence-electron chi connectivity index (χ1n) is 9.07. The van der Waals surface area contributed by atoms with E-state index in [0.717, 1.165) is 28.0 Å². The van der Waals surface area contributed by atoms with Crippen LogP contribution in [0.1, 0.15) is 16.7 Å². The van der Waals surface area contributed by atoms with Crippen LogP contribution in [0.25, 0.3) is 17.1 Å². The third-order valence-electron chi connectivity index (χ3n) is 4.48. The highest BCUT2D eigenvalue weighted by molar-refractivity contribution is 7.98. The summed E-state index contributed by atoms with van der Waals surface area (Å²) in [6, 6.07) is 24.7. The van der Waals surface area contributed by atoms with E-state index in [1.54, 1.807) is 11.8 Å². The summed E-state index contributed by atoms with van der Waals surface area (Å²) in [6.45, 7) is 4.18. The first-order chi connectivity index (χ1) is 13.6. The van der Waals surface area contributed by atoms with Gasteiger partial charge in [-0.05, 0) is 49.7 Å². The maximum Gasteiger partial charge on any atom is 0.196 e. The van der Waals surface area contributed by atoms with Gasteiger partial charge in [-0.1, -0.05) is 77.0 Å². The smallest absolute Gasteiger partial charge is 0.196 e. The fourth-order valence-corrected chi connectivity index (χ4v) is 4.02. The lowest BCUT2D eigenvalue weighted by molar-refractivity contribution is 0.886. The van der Waals surface area contributed by atoms with Crippen molar-refractivity contribution in [3.63, 3.8) is 0 Å². The highest BCUT2D eigenvalue weighted by Crippen LogP contribution is 2.30. The van der Waals surface area contributed by atoms with Crippen LogP contribution >= 0.6 is 23.4 Å². The Labute approximate surface area is 174 Å². The molecule has 5 heteroatoms. The number of benzene rings is 3. The van der Waals surface area contributed by atoms with Gasteiger partial charge in [0.25, 0.3) is 0 Å². The molecule has 0 bridgehead atoms. The zero-order valence-corrected chi connectivity index (χ0v) is 17.3. The Morgan fingerprint density at radius 2 is 1.61 bits per heavy atom. The van der Waals surface area contributed by atoms with E-state index in [-0.39, 0.29) is 0 Å². The quantitative estimate of drug-likeness (QED) is 0.355. The number of aromatic nitrogens is 3. The van der Waals surface area contributed by atoms with E-state index in [0.29, 0.717) is 5.02 Å². The number of nitrogens with zero attached hydrogens (tertiary/aromatic N) is 3. The van der Waals surface area contributed by atoms with E-state index in [9.17, 15) is 0 Å². The first kappa shape index (κ1) is 18.8. The van der Waals surface area contributed by atoms with Gasteiger partial charge in [-0.15, -0.1) is 10.2 Å². The molecule has 0 unspecified atom stereocenters. The molecule has 0 atom stereocenters. The second kappa shape index (κ2) is 8.21. The maximum atomic E-state index is 6.10. The summed E-state index contributed by atoms with van der Waals surface area (Å²) < 4.78 is 2.10. The largest absolute Gasteiger partial charge is 0.270 e. The van der Waals surface area contributed by atoms with E-state index in [4.69, 9.17) is 11.6 Å². The standard InChI is InChI=1S/C23H20ClN3S/c1-16-6-8-18(9-7-16)15-28-23-26-25-22(19-5-3-4-17(2)14-19)27(23)21-12-10-20(24)11-13-21/h3-14H,15H2,1-2H3. The van der Waals surface area contributed by atoms with Gasteiger partial charge in [-0.25, -0.2) is 0 Å². The molecule has 4 rings (SSSR count). The van der Waals surface area contributed by atoms with Gasteiger partial charge >= 0.3 is 0 Å². The van der Waals surface area contributed by atoms with Gasteiger partial charge in [-0.3, -0.25) is 4.57 Å². The average molecular weight is 406 g/mol. The molecule has 1 heterocycles. The summed E-state index contributed by atoms with van der Waals surface area (Å²) in [5.41, 5.74) is 5.76. The molecule has 4 aromatic rings. The molecule has 0 saturated heterocycles. The van der Waals surface area contributed by atoms with Crippen molar-refractivity contribution in [1.82, 2.24) is 14.8 Å². The van der Waals surface area contributed by atoms with Crippen LogP contribution in [-0.2, 0) is 5.75 Å². The van der Waals surface area contributed by atoms with Crippen LogP contribution < -0.4 is 0 Å². The number of rotatable bonds is 5. The van der Waals surface area contributed by atoms with Crippen molar-refractivity contribution in [2.24, 2.45) is 0 Å². The summed E-state index contributed by atoms with van der Waals surface area (Å²) in [4.78, 5) is 0. The van der Waals surface area contributed by atoms with Crippen molar-refractivity contribution in [3.8, 4) is 17.1 Å². The molecular formula is C23H20ClN3S. The summed E-state index contributed by atoms with van der Waals surface area (Å²) in [5, 5.41) is 10.6. The van der Waals surface area contributed by atoms with Crippen LogP contribution in [-0.4, -0.2) is 14.8 Å². The van der Waals surface area contributed by atoms with Crippen molar-refractivity contribution < 1.29 is 0 Å². The number of hydrogen-bond acceptors (Lipinski definition) is 3. The first-order valence-corrected chi connectivity index (χ1v) is 10.4. The number of halogens is 1. The summed E-state index contributed by atoms with van der Waals surface area (Å²) >= 11 is 7.78. The molecule has 0 fully saturated rings. The highest BCUT2D eigenvalue weighted by atomic mass is 35.5. The van der Waals surface area contributed by atoms with Gasteiger partial charge in [-0.2, -0.15) is 0 Å². The third-order valence-corrected chi connectivity index (χ3v) is 5.74. The van der Waals surface area contributed by atoms with Gasteiger partial charge in [0, 0.05) is 22.0 Å². The lowest BCUT2D eigenvalue weighted by Gasteiger charge is -2.11. The molecule has 1 aromatic heterocycles. The van der Waals surface area contributed by atoms with Crippen molar-refractivity contribution in [3.05, 3.63) is 94.5 Å². The molecule has 140 valence electrons. The zero-order chi connectivity index (χ0) is 19.5. The molecule has 0 aliphatic carbocycles. The summed E-state index contributed by atoms with van der Waals surface area (Å²) in [7, 11) is 0. The van der Waals surface area contributed by atoms with Gasteiger partial charge in [0.1, 0.15) is 0 Å². The maximum absolute atomic E-state index is 6.10. The molecular weight excluding hydrogens is 386 g/mol. The fourth-order valence-electron chi connectivity index (χ4n) is 2.99.